The molecule has 0 aliphatic carbocycles. The number of halogens is 3. The molecule has 0 saturated carbocycles. The number of carbonyl (C=O) groups is 1. The zero-order valence-electron chi connectivity index (χ0n) is 8.71. The van der Waals surface area contributed by atoms with Crippen LogP contribution in [0.2, 0.25) is 0 Å². The Morgan fingerprint density at radius 2 is 2.06 bits per heavy atom. The zero-order chi connectivity index (χ0) is 12.2. The lowest BCUT2D eigenvalue weighted by Crippen LogP contribution is -2.05. The van der Waals surface area contributed by atoms with Gasteiger partial charge in [0.15, 0.2) is 5.78 Å². The largest absolute Gasteiger partial charge is 0.392 e. The molecule has 0 bridgehead atoms. The van der Waals surface area contributed by atoms with Gasteiger partial charge in [0.25, 0.3) is 0 Å². The number of ketones is 1. The van der Waals surface area contributed by atoms with Crippen LogP contribution >= 0.6 is 0 Å². The monoisotopic (exact) mass is 228 g/mol. The molecule has 0 aliphatic heterocycles. The van der Waals surface area contributed by atoms with E-state index in [1.54, 1.807) is 18.2 Å². The smallest absolute Gasteiger partial charge is 0.289 e. The molecular formula is C12H11F3O. The van der Waals surface area contributed by atoms with Crippen molar-refractivity contribution in [2.75, 3.05) is 0 Å². The minimum atomic E-state index is -4.26. The van der Waals surface area contributed by atoms with Crippen molar-refractivity contribution in [1.82, 2.24) is 0 Å². The van der Waals surface area contributed by atoms with Crippen LogP contribution in [0.1, 0.15) is 22.3 Å². The molecule has 0 N–H and O–H groups in total. The van der Waals surface area contributed by atoms with Gasteiger partial charge in [-0.3, -0.25) is 4.79 Å². The number of aryl methyl sites for hydroxylation is 1. The van der Waals surface area contributed by atoms with Gasteiger partial charge in [0.2, 0.25) is 0 Å². The van der Waals surface area contributed by atoms with E-state index in [0.29, 0.717) is 5.56 Å². The van der Waals surface area contributed by atoms with E-state index in [1.807, 2.05) is 13.0 Å². The molecule has 0 saturated heterocycles. The summed E-state index contributed by atoms with van der Waals surface area (Å²) in [6, 6.07) is 6.73. The van der Waals surface area contributed by atoms with Crippen LogP contribution < -0.4 is 0 Å². The van der Waals surface area contributed by atoms with Crippen molar-refractivity contribution in [1.29, 1.82) is 0 Å². The Morgan fingerprint density at radius 3 is 2.62 bits per heavy atom. The molecular weight excluding hydrogens is 217 g/mol. The summed E-state index contributed by atoms with van der Waals surface area (Å²) in [7, 11) is 0. The van der Waals surface area contributed by atoms with Gasteiger partial charge in [0.05, 0.1) is 6.42 Å². The highest BCUT2D eigenvalue weighted by molar-refractivity contribution is 6.04. The SMILES string of the molecule is Cc1cccc(C(=O)/C=C/CC(F)(F)F)c1. The van der Waals surface area contributed by atoms with Gasteiger partial charge in [-0.25, -0.2) is 0 Å². The Balaban J connectivity index is 2.66. The fourth-order valence-electron chi connectivity index (χ4n) is 1.19. The molecule has 0 heterocycles. The third kappa shape index (κ3) is 4.29. The normalized spacial score (nSPS) is 12.0. The lowest BCUT2D eigenvalue weighted by Gasteiger charge is -2.00. The molecule has 1 rings (SSSR count). The lowest BCUT2D eigenvalue weighted by molar-refractivity contribution is -0.125. The van der Waals surface area contributed by atoms with Crippen molar-refractivity contribution in [3.05, 3.63) is 47.5 Å². The van der Waals surface area contributed by atoms with E-state index in [9.17, 15) is 18.0 Å². The predicted molar refractivity (Wildman–Crippen MR) is 55.3 cm³/mol. The molecule has 1 aromatic carbocycles. The van der Waals surface area contributed by atoms with Gasteiger partial charge in [-0.2, -0.15) is 13.2 Å². The molecule has 1 aromatic rings. The van der Waals surface area contributed by atoms with Crippen molar-refractivity contribution in [2.24, 2.45) is 0 Å². The molecule has 0 aromatic heterocycles. The van der Waals surface area contributed by atoms with Crippen molar-refractivity contribution in [3.63, 3.8) is 0 Å². The Hall–Kier alpha value is -1.58. The Morgan fingerprint density at radius 1 is 1.38 bits per heavy atom. The van der Waals surface area contributed by atoms with Gasteiger partial charge < -0.3 is 0 Å². The second-order valence-electron chi connectivity index (χ2n) is 3.46. The molecule has 86 valence electrons. The van der Waals surface area contributed by atoms with Gasteiger partial charge in [0, 0.05) is 5.56 Å². The van der Waals surface area contributed by atoms with E-state index in [0.717, 1.165) is 17.7 Å². The molecule has 0 unspecified atom stereocenters. The maximum Gasteiger partial charge on any atom is 0.392 e. The summed E-state index contributed by atoms with van der Waals surface area (Å²) in [6.07, 6.45) is -3.54. The van der Waals surface area contributed by atoms with Gasteiger partial charge in [-0.15, -0.1) is 0 Å². The number of carbonyl (C=O) groups excluding carboxylic acids is 1. The molecule has 0 atom stereocenters. The molecule has 0 amide bonds. The summed E-state index contributed by atoms with van der Waals surface area (Å²) in [6.45, 7) is 1.82. The first-order valence-electron chi connectivity index (χ1n) is 4.73. The highest BCUT2D eigenvalue weighted by Crippen LogP contribution is 2.19. The molecule has 0 aliphatic rings. The molecule has 1 nitrogen and oxygen atoms in total. The van der Waals surface area contributed by atoms with E-state index in [-0.39, 0.29) is 0 Å². The van der Waals surface area contributed by atoms with Crippen molar-refractivity contribution >= 4 is 5.78 Å². The van der Waals surface area contributed by atoms with Crippen LogP contribution in [-0.4, -0.2) is 12.0 Å². The van der Waals surface area contributed by atoms with Crippen LogP contribution in [0.25, 0.3) is 0 Å². The summed E-state index contributed by atoms with van der Waals surface area (Å²) >= 11 is 0. The summed E-state index contributed by atoms with van der Waals surface area (Å²) in [5.74, 6) is -0.409. The highest BCUT2D eigenvalue weighted by atomic mass is 19.4. The lowest BCUT2D eigenvalue weighted by atomic mass is 10.1. The third-order valence-corrected chi connectivity index (χ3v) is 1.92. The maximum absolute atomic E-state index is 11.8. The molecule has 0 spiro atoms. The fourth-order valence-corrected chi connectivity index (χ4v) is 1.19. The number of benzene rings is 1. The number of hydrogen-bond donors (Lipinski definition) is 0. The predicted octanol–water partition coefficient (Wildman–Crippen LogP) is 3.69. The Kier molecular flexibility index (Phi) is 3.88. The first-order valence-corrected chi connectivity index (χ1v) is 4.73. The Bertz CT molecular complexity index is 405. The van der Waals surface area contributed by atoms with Gasteiger partial charge in [0.1, 0.15) is 0 Å². The molecule has 0 fully saturated rings. The van der Waals surface area contributed by atoms with Crippen molar-refractivity contribution in [2.45, 2.75) is 19.5 Å². The third-order valence-electron chi connectivity index (χ3n) is 1.92. The van der Waals surface area contributed by atoms with Gasteiger partial charge in [-0.1, -0.05) is 29.8 Å². The number of allylic oxidation sites excluding steroid dienone is 2. The topological polar surface area (TPSA) is 17.1 Å². The maximum atomic E-state index is 11.8. The minimum Gasteiger partial charge on any atom is -0.289 e. The summed E-state index contributed by atoms with van der Waals surface area (Å²) in [4.78, 5) is 11.4. The van der Waals surface area contributed by atoms with Crippen LogP contribution in [0.4, 0.5) is 13.2 Å². The minimum absolute atomic E-state index is 0.401. The van der Waals surface area contributed by atoms with Crippen LogP contribution in [-0.2, 0) is 0 Å². The van der Waals surface area contributed by atoms with Gasteiger partial charge >= 0.3 is 6.18 Å². The number of alkyl halides is 3. The van der Waals surface area contributed by atoms with Crippen LogP contribution in [0, 0.1) is 6.92 Å². The zero-order valence-corrected chi connectivity index (χ0v) is 8.71. The van der Waals surface area contributed by atoms with Crippen molar-refractivity contribution < 1.29 is 18.0 Å². The second-order valence-corrected chi connectivity index (χ2v) is 3.46. The second kappa shape index (κ2) is 4.96. The average molecular weight is 228 g/mol. The number of hydrogen-bond acceptors (Lipinski definition) is 1. The van der Waals surface area contributed by atoms with Crippen LogP contribution in [0.3, 0.4) is 0 Å². The van der Waals surface area contributed by atoms with E-state index in [1.165, 1.54) is 0 Å². The van der Waals surface area contributed by atoms with E-state index in [2.05, 4.69) is 0 Å². The first-order chi connectivity index (χ1) is 7.38. The first kappa shape index (κ1) is 12.5. The number of rotatable bonds is 3. The standard InChI is InChI=1S/C12H11F3O/c1-9-4-2-5-10(8-9)11(16)6-3-7-12(13,14)15/h2-6,8H,7H2,1H3/b6-3+. The fraction of sp³-hybridized carbons (Fsp3) is 0.250. The quantitative estimate of drug-likeness (QED) is 0.569. The van der Waals surface area contributed by atoms with Crippen LogP contribution in [0.15, 0.2) is 36.4 Å². The summed E-state index contributed by atoms with van der Waals surface area (Å²) in [5, 5.41) is 0. The summed E-state index contributed by atoms with van der Waals surface area (Å²) < 4.78 is 35.4. The average Bonchev–Trinajstić information content (AvgIpc) is 2.15. The van der Waals surface area contributed by atoms with Crippen molar-refractivity contribution in [3.8, 4) is 0 Å². The van der Waals surface area contributed by atoms with E-state index in [4.69, 9.17) is 0 Å². The summed E-state index contributed by atoms with van der Waals surface area (Å²) in [5.41, 5.74) is 1.30. The Labute approximate surface area is 91.6 Å². The molecule has 16 heavy (non-hydrogen) atoms. The highest BCUT2D eigenvalue weighted by Gasteiger charge is 2.24. The molecule has 0 radical (unpaired) electrons. The van der Waals surface area contributed by atoms with Crippen LogP contribution in [0.5, 0.6) is 0 Å². The van der Waals surface area contributed by atoms with Gasteiger partial charge in [-0.05, 0) is 19.1 Å². The molecule has 4 heteroatoms. The van der Waals surface area contributed by atoms with E-state index < -0.39 is 18.4 Å². The van der Waals surface area contributed by atoms with E-state index >= 15 is 0 Å².